The molecule has 1 aliphatic heterocycles. The van der Waals surface area contributed by atoms with Crippen LogP contribution in [0.4, 0.5) is 18.0 Å². The third-order valence-corrected chi connectivity index (χ3v) is 6.80. The maximum atomic E-state index is 15.7. The Morgan fingerprint density at radius 3 is 2.58 bits per heavy atom. The lowest BCUT2D eigenvalue weighted by Crippen LogP contribution is -2.51. The third kappa shape index (κ3) is 8.20. The van der Waals surface area contributed by atoms with Crippen LogP contribution in [0, 0.1) is 11.7 Å². The second-order valence-corrected chi connectivity index (χ2v) is 10.0. The Morgan fingerprint density at radius 2 is 1.95 bits per heavy atom. The quantitative estimate of drug-likeness (QED) is 0.294. The predicted molar refractivity (Wildman–Crippen MR) is 141 cm³/mol. The standard InChI is InChI=1S/C28H31ClF3N3O5/c1-2-3-10-23(26(38)34-22(16-36)14-18-11-12-33-25(18)37)35-27(39)40-24(17-6-4-9-21(30)13-17)28(31,32)19-7-5-8-20(29)15-19/h4-9,13,15-16,18,22-24H,2-3,10-12,14H2,1H3,(H,33,37)(H,34,38)(H,35,39)/t18-,22-,23-,24-/m0/s1. The topological polar surface area (TPSA) is 114 Å². The van der Waals surface area contributed by atoms with Crippen LogP contribution in [-0.4, -0.2) is 42.8 Å². The van der Waals surface area contributed by atoms with E-state index in [0.29, 0.717) is 32.1 Å². The number of alkyl carbamates (subject to hydrolysis) is 1. The highest BCUT2D eigenvalue weighted by Gasteiger charge is 2.46. The SMILES string of the molecule is CCCC[C@H](NC(=O)O[C@@H](c1cccc(F)c1)C(F)(F)c1cccc(Cl)c1)C(=O)N[C@H](C=O)C[C@@H]1CCNC1=O. The number of nitrogens with one attached hydrogen (secondary N) is 3. The molecule has 1 heterocycles. The number of aldehydes is 1. The van der Waals surface area contributed by atoms with Crippen molar-refractivity contribution in [3.05, 3.63) is 70.5 Å². The van der Waals surface area contributed by atoms with E-state index in [0.717, 1.165) is 24.3 Å². The van der Waals surface area contributed by atoms with Gasteiger partial charge in [-0.3, -0.25) is 9.59 Å². The van der Waals surface area contributed by atoms with E-state index in [9.17, 15) is 23.6 Å². The average Bonchev–Trinajstić information content (AvgIpc) is 3.32. The Kier molecular flexibility index (Phi) is 10.9. The summed E-state index contributed by atoms with van der Waals surface area (Å²) in [7, 11) is 0. The van der Waals surface area contributed by atoms with Crippen LogP contribution in [0.5, 0.6) is 0 Å². The molecule has 0 aliphatic carbocycles. The molecule has 0 bridgehead atoms. The van der Waals surface area contributed by atoms with Crippen LogP contribution in [0.25, 0.3) is 0 Å². The number of amides is 3. The summed E-state index contributed by atoms with van der Waals surface area (Å²) in [5.74, 6) is -6.03. The fraction of sp³-hybridized carbons (Fsp3) is 0.429. The molecular weight excluding hydrogens is 551 g/mol. The van der Waals surface area contributed by atoms with Crippen LogP contribution >= 0.6 is 11.6 Å². The zero-order valence-electron chi connectivity index (χ0n) is 21.8. The van der Waals surface area contributed by atoms with Crippen LogP contribution < -0.4 is 16.0 Å². The molecule has 0 aromatic heterocycles. The predicted octanol–water partition coefficient (Wildman–Crippen LogP) is 4.81. The van der Waals surface area contributed by atoms with Crippen molar-refractivity contribution in [1.29, 1.82) is 0 Å². The number of carbonyl (C=O) groups excluding carboxylic acids is 4. The molecule has 1 aliphatic rings. The number of benzene rings is 2. The van der Waals surface area contributed by atoms with Crippen LogP contribution in [0.1, 0.15) is 56.3 Å². The van der Waals surface area contributed by atoms with Crippen molar-refractivity contribution in [1.82, 2.24) is 16.0 Å². The van der Waals surface area contributed by atoms with Gasteiger partial charge in [0, 0.05) is 28.6 Å². The third-order valence-electron chi connectivity index (χ3n) is 6.56. The van der Waals surface area contributed by atoms with Gasteiger partial charge in [0.1, 0.15) is 18.1 Å². The van der Waals surface area contributed by atoms with Gasteiger partial charge in [0.2, 0.25) is 11.8 Å². The van der Waals surface area contributed by atoms with Crippen LogP contribution in [0.15, 0.2) is 48.5 Å². The van der Waals surface area contributed by atoms with Crippen LogP contribution in [0.3, 0.4) is 0 Å². The van der Waals surface area contributed by atoms with E-state index in [-0.39, 0.29) is 29.3 Å². The van der Waals surface area contributed by atoms with Gasteiger partial charge < -0.3 is 25.5 Å². The summed E-state index contributed by atoms with van der Waals surface area (Å²) >= 11 is 5.89. The molecule has 3 amide bonds. The van der Waals surface area contributed by atoms with Gasteiger partial charge in [-0.25, -0.2) is 9.18 Å². The summed E-state index contributed by atoms with van der Waals surface area (Å²) in [6.07, 6.45) is -1.23. The molecule has 3 rings (SSSR count). The molecular formula is C28H31ClF3N3O5. The Hall–Kier alpha value is -3.60. The largest absolute Gasteiger partial charge is 0.434 e. The molecule has 2 aromatic carbocycles. The summed E-state index contributed by atoms with van der Waals surface area (Å²) in [5, 5.41) is 7.51. The second kappa shape index (κ2) is 14.2. The minimum atomic E-state index is -3.83. The first-order valence-electron chi connectivity index (χ1n) is 12.9. The molecule has 0 unspecified atom stereocenters. The molecule has 2 aromatic rings. The fourth-order valence-electron chi connectivity index (χ4n) is 4.44. The van der Waals surface area contributed by atoms with Crippen LogP contribution in [-0.2, 0) is 25.0 Å². The lowest BCUT2D eigenvalue weighted by atomic mass is 9.97. The number of alkyl halides is 2. The maximum Gasteiger partial charge on any atom is 0.408 e. The zero-order valence-corrected chi connectivity index (χ0v) is 22.6. The number of hydrogen-bond acceptors (Lipinski definition) is 5. The van der Waals surface area contributed by atoms with Crippen molar-refractivity contribution < 1.29 is 37.1 Å². The first kappa shape index (κ1) is 30.9. The lowest BCUT2D eigenvalue weighted by molar-refractivity contribution is -0.129. The molecule has 0 radical (unpaired) electrons. The number of halogens is 4. The zero-order chi connectivity index (χ0) is 29.3. The van der Waals surface area contributed by atoms with Gasteiger partial charge in [-0.15, -0.1) is 0 Å². The Balaban J connectivity index is 1.79. The van der Waals surface area contributed by atoms with Crippen molar-refractivity contribution in [3.63, 3.8) is 0 Å². The van der Waals surface area contributed by atoms with Crippen LogP contribution in [0.2, 0.25) is 5.02 Å². The molecule has 0 spiro atoms. The maximum absolute atomic E-state index is 15.7. The number of ether oxygens (including phenoxy) is 1. The molecule has 1 fully saturated rings. The highest BCUT2D eigenvalue weighted by Crippen LogP contribution is 2.43. The molecule has 12 heteroatoms. The summed E-state index contributed by atoms with van der Waals surface area (Å²) in [4.78, 5) is 49.4. The van der Waals surface area contributed by atoms with E-state index < -0.39 is 53.4 Å². The van der Waals surface area contributed by atoms with Crippen molar-refractivity contribution >= 4 is 35.8 Å². The Labute approximate surface area is 235 Å². The van der Waals surface area contributed by atoms with Gasteiger partial charge in [0.05, 0.1) is 6.04 Å². The number of unbranched alkanes of at least 4 members (excludes halogenated alkanes) is 1. The smallest absolute Gasteiger partial charge is 0.408 e. The fourth-order valence-corrected chi connectivity index (χ4v) is 4.63. The van der Waals surface area contributed by atoms with E-state index in [1.807, 2.05) is 6.92 Å². The van der Waals surface area contributed by atoms with Crippen molar-refractivity contribution in [2.24, 2.45) is 5.92 Å². The minimum Gasteiger partial charge on any atom is -0.434 e. The van der Waals surface area contributed by atoms with Gasteiger partial charge >= 0.3 is 12.0 Å². The molecule has 4 atom stereocenters. The Morgan fingerprint density at radius 1 is 1.20 bits per heavy atom. The van der Waals surface area contributed by atoms with Gasteiger partial charge in [0.15, 0.2) is 6.10 Å². The van der Waals surface area contributed by atoms with Gasteiger partial charge in [-0.2, -0.15) is 8.78 Å². The van der Waals surface area contributed by atoms with E-state index in [1.54, 1.807) is 0 Å². The summed E-state index contributed by atoms with van der Waals surface area (Å²) in [5.41, 5.74) is -0.877. The van der Waals surface area contributed by atoms with Crippen molar-refractivity contribution in [2.45, 2.75) is 63.1 Å². The first-order chi connectivity index (χ1) is 19.0. The highest BCUT2D eigenvalue weighted by atomic mass is 35.5. The Bertz CT molecular complexity index is 1220. The van der Waals surface area contributed by atoms with Gasteiger partial charge in [-0.1, -0.05) is 55.6 Å². The van der Waals surface area contributed by atoms with E-state index in [2.05, 4.69) is 16.0 Å². The molecule has 1 saturated heterocycles. The number of carbonyl (C=O) groups is 4. The summed E-state index contributed by atoms with van der Waals surface area (Å²) in [6, 6.07) is 6.87. The molecule has 0 saturated carbocycles. The molecule has 40 heavy (non-hydrogen) atoms. The second-order valence-electron chi connectivity index (χ2n) is 9.58. The van der Waals surface area contributed by atoms with Gasteiger partial charge in [-0.05, 0) is 43.5 Å². The van der Waals surface area contributed by atoms with Crippen molar-refractivity contribution in [3.8, 4) is 0 Å². The van der Waals surface area contributed by atoms with E-state index in [4.69, 9.17) is 16.3 Å². The monoisotopic (exact) mass is 581 g/mol. The number of hydrogen-bond donors (Lipinski definition) is 3. The molecule has 216 valence electrons. The minimum absolute atomic E-state index is 0.0238. The first-order valence-corrected chi connectivity index (χ1v) is 13.3. The normalized spacial score (nSPS) is 17.3. The average molecular weight is 582 g/mol. The summed E-state index contributed by atoms with van der Waals surface area (Å²) in [6.45, 7) is 2.33. The van der Waals surface area contributed by atoms with E-state index >= 15 is 8.78 Å². The van der Waals surface area contributed by atoms with Gasteiger partial charge in [0.25, 0.3) is 0 Å². The lowest BCUT2D eigenvalue weighted by Gasteiger charge is -2.29. The number of rotatable bonds is 13. The summed E-state index contributed by atoms with van der Waals surface area (Å²) < 4.78 is 50.5. The van der Waals surface area contributed by atoms with E-state index in [1.165, 1.54) is 24.3 Å². The highest BCUT2D eigenvalue weighted by molar-refractivity contribution is 6.30. The molecule has 8 nitrogen and oxygen atoms in total. The van der Waals surface area contributed by atoms with Crippen molar-refractivity contribution in [2.75, 3.05) is 6.54 Å². The molecule has 3 N–H and O–H groups in total.